The van der Waals surface area contributed by atoms with Crippen LogP contribution >= 0.6 is 0 Å². The number of aromatic nitrogens is 8. The van der Waals surface area contributed by atoms with Gasteiger partial charge in [0, 0.05) is 31.7 Å². The Morgan fingerprint density at radius 1 is 0.796 bits per heavy atom. The van der Waals surface area contributed by atoms with E-state index in [1.54, 1.807) is 46.8 Å². The van der Waals surface area contributed by atoms with Crippen LogP contribution in [0.5, 0.6) is 5.75 Å². The van der Waals surface area contributed by atoms with Gasteiger partial charge in [-0.05, 0) is 70.2 Å². The van der Waals surface area contributed by atoms with E-state index in [0.29, 0.717) is 82.8 Å². The standard InChI is InChI=1S/C34H37N11O4/c1-6-44-26(17-20(3)40-44)31(47)38-33-37-24-19-22(30(35)46)13-14-25(24)42(33)15-8-9-16-43-29-23(11-10-12-28(29)49-5)36-34(43)39-32(48)27-18-21(4)41-45(27)7-2/h8-14,17-19H,6-7,15-16H2,1-5H3,(H2,35,46)(H,36,39,48)(H,37,38,47). The molecule has 0 spiro atoms. The highest BCUT2D eigenvalue weighted by molar-refractivity contribution is 6.04. The van der Waals surface area contributed by atoms with Crippen LogP contribution in [-0.2, 0) is 26.2 Å². The van der Waals surface area contributed by atoms with Gasteiger partial charge in [0.1, 0.15) is 22.7 Å². The monoisotopic (exact) mass is 663 g/mol. The highest BCUT2D eigenvalue weighted by atomic mass is 16.5. The highest BCUT2D eigenvalue weighted by Gasteiger charge is 2.21. The molecule has 0 aliphatic rings. The van der Waals surface area contributed by atoms with Crippen LogP contribution in [-0.4, -0.2) is 63.5 Å². The zero-order chi connectivity index (χ0) is 34.8. The van der Waals surface area contributed by atoms with E-state index in [2.05, 4.69) is 25.8 Å². The van der Waals surface area contributed by atoms with Crippen molar-refractivity contribution in [2.45, 2.75) is 53.9 Å². The Labute approximate surface area is 281 Å². The third-order valence-corrected chi connectivity index (χ3v) is 8.04. The Balaban J connectivity index is 1.32. The minimum atomic E-state index is -0.579. The van der Waals surface area contributed by atoms with E-state index in [-0.39, 0.29) is 11.8 Å². The summed E-state index contributed by atoms with van der Waals surface area (Å²) in [5.41, 5.74) is 10.7. The lowest BCUT2D eigenvalue weighted by molar-refractivity contribution is 0.0995. The number of aryl methyl sites for hydroxylation is 4. The number of imidazole rings is 2. The van der Waals surface area contributed by atoms with E-state index < -0.39 is 5.91 Å². The second kappa shape index (κ2) is 13.5. The molecule has 6 aromatic rings. The van der Waals surface area contributed by atoms with Crippen molar-refractivity contribution in [1.29, 1.82) is 0 Å². The maximum Gasteiger partial charge on any atom is 0.276 e. The van der Waals surface area contributed by atoms with E-state index in [1.165, 1.54) is 0 Å². The molecule has 2 aromatic carbocycles. The summed E-state index contributed by atoms with van der Waals surface area (Å²) in [5, 5.41) is 14.7. The van der Waals surface area contributed by atoms with Crippen molar-refractivity contribution in [3.63, 3.8) is 0 Å². The predicted octanol–water partition coefficient (Wildman–Crippen LogP) is 4.30. The SMILES string of the molecule is CCn1nc(C)cc1C(=O)Nc1nc2cc(C(N)=O)ccc2n1CC=CCn1c(NC(=O)c2cc(C)nn2CC)nc2cccc(OC)c21. The van der Waals surface area contributed by atoms with Crippen LogP contribution in [0.4, 0.5) is 11.9 Å². The van der Waals surface area contributed by atoms with Crippen LogP contribution in [0, 0.1) is 13.8 Å². The lowest BCUT2D eigenvalue weighted by atomic mass is 10.2. The number of anilines is 2. The molecule has 0 bridgehead atoms. The van der Waals surface area contributed by atoms with Gasteiger partial charge >= 0.3 is 0 Å². The minimum absolute atomic E-state index is 0.290. The number of hydrogen-bond donors (Lipinski definition) is 3. The van der Waals surface area contributed by atoms with Crippen LogP contribution < -0.4 is 21.1 Å². The number of allylic oxidation sites excluding steroid dienone is 2. The summed E-state index contributed by atoms with van der Waals surface area (Å²) in [6.45, 7) is 9.20. The number of nitrogens with one attached hydrogen (secondary N) is 2. The Hall–Kier alpha value is -6.25. The first kappa shape index (κ1) is 32.7. The molecule has 4 N–H and O–H groups in total. The quantitative estimate of drug-likeness (QED) is 0.162. The van der Waals surface area contributed by atoms with Gasteiger partial charge in [-0.3, -0.25) is 34.4 Å². The second-order valence-corrected chi connectivity index (χ2v) is 11.3. The van der Waals surface area contributed by atoms with Crippen LogP contribution in [0.25, 0.3) is 22.1 Å². The van der Waals surface area contributed by atoms with Crippen LogP contribution in [0.2, 0.25) is 0 Å². The summed E-state index contributed by atoms with van der Waals surface area (Å²) < 4.78 is 12.6. The molecule has 0 aliphatic carbocycles. The Morgan fingerprint density at radius 2 is 1.37 bits per heavy atom. The molecule has 15 heteroatoms. The summed E-state index contributed by atoms with van der Waals surface area (Å²) in [5.74, 6) is -0.0377. The minimum Gasteiger partial charge on any atom is -0.494 e. The normalized spacial score (nSPS) is 11.5. The Morgan fingerprint density at radius 3 is 1.94 bits per heavy atom. The van der Waals surface area contributed by atoms with Crippen molar-refractivity contribution in [2.24, 2.45) is 5.73 Å². The van der Waals surface area contributed by atoms with Gasteiger partial charge in [-0.2, -0.15) is 10.2 Å². The maximum atomic E-state index is 13.4. The van der Waals surface area contributed by atoms with Crippen molar-refractivity contribution in [3.05, 3.63) is 89.0 Å². The molecule has 0 atom stereocenters. The summed E-state index contributed by atoms with van der Waals surface area (Å²) in [4.78, 5) is 48.0. The first-order chi connectivity index (χ1) is 23.6. The van der Waals surface area contributed by atoms with Crippen LogP contribution in [0.1, 0.15) is 56.6 Å². The van der Waals surface area contributed by atoms with Crippen LogP contribution in [0.15, 0.2) is 60.7 Å². The molecule has 15 nitrogen and oxygen atoms in total. The van der Waals surface area contributed by atoms with Gasteiger partial charge in [0.05, 0.1) is 35.0 Å². The zero-order valence-corrected chi connectivity index (χ0v) is 27.9. The molecule has 252 valence electrons. The van der Waals surface area contributed by atoms with Gasteiger partial charge in [-0.25, -0.2) is 9.97 Å². The van der Waals surface area contributed by atoms with E-state index in [4.69, 9.17) is 15.5 Å². The molecule has 0 saturated carbocycles. The number of rotatable bonds is 12. The third-order valence-electron chi connectivity index (χ3n) is 8.04. The van der Waals surface area contributed by atoms with Gasteiger partial charge in [-0.15, -0.1) is 0 Å². The predicted molar refractivity (Wildman–Crippen MR) is 185 cm³/mol. The van der Waals surface area contributed by atoms with Gasteiger partial charge < -0.3 is 19.6 Å². The van der Waals surface area contributed by atoms with Crippen LogP contribution in [0.3, 0.4) is 0 Å². The number of amides is 3. The van der Waals surface area contributed by atoms with Gasteiger partial charge in [0.25, 0.3) is 11.8 Å². The fourth-order valence-corrected chi connectivity index (χ4v) is 5.78. The molecule has 3 amide bonds. The van der Waals surface area contributed by atoms with E-state index in [9.17, 15) is 14.4 Å². The number of hydrogen-bond acceptors (Lipinski definition) is 8. The van der Waals surface area contributed by atoms with Gasteiger partial charge in [-0.1, -0.05) is 18.2 Å². The maximum absolute atomic E-state index is 13.4. The fourth-order valence-electron chi connectivity index (χ4n) is 5.78. The number of primary amides is 1. The average Bonchev–Trinajstić information content (AvgIpc) is 3.84. The number of carbonyl (C=O) groups is 3. The Kier molecular flexibility index (Phi) is 8.98. The molecule has 4 aromatic heterocycles. The number of carbonyl (C=O) groups excluding carboxylic acids is 3. The van der Waals surface area contributed by atoms with Crippen molar-refractivity contribution in [2.75, 3.05) is 17.7 Å². The number of ether oxygens (including phenoxy) is 1. The van der Waals surface area contributed by atoms with Crippen molar-refractivity contribution >= 4 is 51.7 Å². The largest absolute Gasteiger partial charge is 0.494 e. The molecular formula is C34H37N11O4. The third kappa shape index (κ3) is 6.37. The molecular weight excluding hydrogens is 626 g/mol. The summed E-state index contributed by atoms with van der Waals surface area (Å²) in [6.07, 6.45) is 3.84. The topological polar surface area (TPSA) is 182 Å². The van der Waals surface area contributed by atoms with Crippen molar-refractivity contribution in [3.8, 4) is 5.75 Å². The van der Waals surface area contributed by atoms with Crippen molar-refractivity contribution < 1.29 is 19.1 Å². The zero-order valence-electron chi connectivity index (χ0n) is 27.9. The first-order valence-corrected chi connectivity index (χ1v) is 15.8. The lowest BCUT2D eigenvalue weighted by Gasteiger charge is -2.11. The molecule has 0 fully saturated rings. The number of nitrogens with two attached hydrogens (primary N) is 1. The first-order valence-electron chi connectivity index (χ1n) is 15.8. The van der Waals surface area contributed by atoms with Gasteiger partial charge in [0.15, 0.2) is 0 Å². The number of methoxy groups -OCH3 is 1. The average molecular weight is 664 g/mol. The second-order valence-electron chi connectivity index (χ2n) is 11.3. The number of fused-ring (bicyclic) bond motifs is 2. The molecule has 0 aliphatic heterocycles. The van der Waals surface area contributed by atoms with E-state index >= 15 is 0 Å². The highest BCUT2D eigenvalue weighted by Crippen LogP contribution is 2.29. The Bertz CT molecular complexity index is 2250. The molecule has 49 heavy (non-hydrogen) atoms. The molecule has 0 radical (unpaired) electrons. The van der Waals surface area contributed by atoms with Crippen molar-refractivity contribution in [1.82, 2.24) is 38.7 Å². The molecule has 0 unspecified atom stereocenters. The summed E-state index contributed by atoms with van der Waals surface area (Å²) in [7, 11) is 1.58. The molecule has 6 rings (SSSR count). The summed E-state index contributed by atoms with van der Waals surface area (Å²) >= 11 is 0. The van der Waals surface area contributed by atoms with E-state index in [1.807, 2.05) is 67.2 Å². The fraction of sp³-hybridized carbons (Fsp3) is 0.265. The smallest absolute Gasteiger partial charge is 0.276 e. The van der Waals surface area contributed by atoms with E-state index in [0.717, 1.165) is 11.4 Å². The number of nitrogens with zero attached hydrogens (tertiary/aromatic N) is 8. The van der Waals surface area contributed by atoms with Gasteiger partial charge in [0.2, 0.25) is 17.8 Å². The summed E-state index contributed by atoms with van der Waals surface area (Å²) in [6, 6.07) is 14.0. The molecule has 4 heterocycles. The lowest BCUT2D eigenvalue weighted by Crippen LogP contribution is -2.20. The number of benzene rings is 2. The number of para-hydroxylation sites is 1. The molecule has 0 saturated heterocycles.